The molecule has 3 heterocycles. The first-order valence-corrected chi connectivity index (χ1v) is 9.34. The number of nitriles is 1. The Kier molecular flexibility index (Phi) is 5.04. The summed E-state index contributed by atoms with van der Waals surface area (Å²) in [6.07, 6.45) is 3.45. The number of methoxy groups -OCH3 is 1. The number of pyridine rings is 1. The molecule has 1 atom stereocenters. The minimum absolute atomic E-state index is 0.0442. The van der Waals surface area contributed by atoms with E-state index in [1.54, 1.807) is 23.9 Å². The highest BCUT2D eigenvalue weighted by Gasteiger charge is 2.31. The van der Waals surface area contributed by atoms with E-state index in [0.29, 0.717) is 29.6 Å². The molecule has 0 bridgehead atoms. The number of benzene rings is 1. The van der Waals surface area contributed by atoms with Gasteiger partial charge in [-0.3, -0.25) is 9.36 Å². The molecule has 1 aliphatic rings. The molecule has 0 aliphatic carbocycles. The van der Waals surface area contributed by atoms with Crippen molar-refractivity contribution in [3.63, 3.8) is 0 Å². The highest BCUT2D eigenvalue weighted by atomic mass is 16.5. The van der Waals surface area contributed by atoms with E-state index >= 15 is 0 Å². The summed E-state index contributed by atoms with van der Waals surface area (Å²) in [6.45, 7) is 1.72. The van der Waals surface area contributed by atoms with E-state index in [2.05, 4.69) is 16.0 Å². The number of nitrogens with zero attached hydrogens (tertiary/aromatic N) is 5. The van der Waals surface area contributed by atoms with E-state index in [1.165, 1.54) is 0 Å². The lowest BCUT2D eigenvalue weighted by molar-refractivity contribution is 0.184. The van der Waals surface area contributed by atoms with Gasteiger partial charge in [0.15, 0.2) is 0 Å². The van der Waals surface area contributed by atoms with E-state index in [4.69, 9.17) is 15.0 Å². The van der Waals surface area contributed by atoms with Crippen molar-refractivity contribution in [2.75, 3.05) is 25.2 Å². The van der Waals surface area contributed by atoms with Gasteiger partial charge in [-0.15, -0.1) is 0 Å². The van der Waals surface area contributed by atoms with Gasteiger partial charge < -0.3 is 9.64 Å². The Labute approximate surface area is 162 Å². The zero-order valence-corrected chi connectivity index (χ0v) is 15.7. The average Bonchev–Trinajstić information content (AvgIpc) is 3.23. The Bertz CT molecular complexity index is 1080. The van der Waals surface area contributed by atoms with Crippen molar-refractivity contribution in [1.82, 2.24) is 14.5 Å². The van der Waals surface area contributed by atoms with Crippen molar-refractivity contribution in [3.8, 4) is 6.07 Å². The standard InChI is InChI=1S/C21H21N5O2/c1-28-12-11-26-20(24-17-6-3-2-5-16(17)21(26)27)18-7-4-10-25(18)19-9-8-15(13-22)14-23-19/h2-3,5-6,8-9,14,18H,4,7,10-12H2,1H3. The van der Waals surface area contributed by atoms with E-state index in [0.717, 1.165) is 31.0 Å². The van der Waals surface area contributed by atoms with Gasteiger partial charge in [0, 0.05) is 19.9 Å². The molecular formula is C21H21N5O2. The third-order valence-corrected chi connectivity index (χ3v) is 5.13. The summed E-state index contributed by atoms with van der Waals surface area (Å²) >= 11 is 0. The Morgan fingerprint density at radius 1 is 1.29 bits per heavy atom. The predicted molar refractivity (Wildman–Crippen MR) is 106 cm³/mol. The summed E-state index contributed by atoms with van der Waals surface area (Å²) in [7, 11) is 1.63. The summed E-state index contributed by atoms with van der Waals surface area (Å²) in [4.78, 5) is 24.6. The zero-order valence-electron chi connectivity index (χ0n) is 15.7. The molecule has 28 heavy (non-hydrogen) atoms. The molecule has 1 fully saturated rings. The molecule has 0 amide bonds. The SMILES string of the molecule is COCCn1c(C2CCCN2c2ccc(C#N)cn2)nc2ccccc2c1=O. The van der Waals surface area contributed by atoms with Gasteiger partial charge in [-0.2, -0.15) is 5.26 Å². The maximum absolute atomic E-state index is 13.1. The fourth-order valence-electron chi connectivity index (χ4n) is 3.77. The molecule has 1 saturated heterocycles. The van der Waals surface area contributed by atoms with Crippen LogP contribution in [0.4, 0.5) is 5.82 Å². The fourth-order valence-corrected chi connectivity index (χ4v) is 3.77. The van der Waals surface area contributed by atoms with Gasteiger partial charge in [-0.1, -0.05) is 12.1 Å². The number of aromatic nitrogens is 3. The van der Waals surface area contributed by atoms with E-state index in [1.807, 2.05) is 30.3 Å². The smallest absolute Gasteiger partial charge is 0.261 e. The summed E-state index contributed by atoms with van der Waals surface area (Å²) in [5.41, 5.74) is 1.19. The Hall–Kier alpha value is -3.24. The Morgan fingerprint density at radius 3 is 2.89 bits per heavy atom. The lowest BCUT2D eigenvalue weighted by Gasteiger charge is -2.27. The number of ether oxygens (including phenoxy) is 1. The third-order valence-electron chi connectivity index (χ3n) is 5.13. The van der Waals surface area contributed by atoms with Gasteiger partial charge in [-0.25, -0.2) is 9.97 Å². The zero-order chi connectivity index (χ0) is 19.5. The molecule has 2 aromatic heterocycles. The molecule has 1 aromatic carbocycles. The van der Waals surface area contributed by atoms with E-state index in [-0.39, 0.29) is 11.6 Å². The minimum atomic E-state index is -0.0467. The molecule has 0 saturated carbocycles. The molecule has 1 unspecified atom stereocenters. The van der Waals surface area contributed by atoms with Gasteiger partial charge in [-0.05, 0) is 37.1 Å². The maximum Gasteiger partial charge on any atom is 0.261 e. The maximum atomic E-state index is 13.1. The van der Waals surface area contributed by atoms with Crippen LogP contribution in [-0.2, 0) is 11.3 Å². The summed E-state index contributed by atoms with van der Waals surface area (Å²) in [6, 6.07) is 13.1. The Balaban J connectivity index is 1.81. The Morgan fingerprint density at radius 2 is 2.14 bits per heavy atom. The van der Waals surface area contributed by atoms with Gasteiger partial charge in [0.25, 0.3) is 5.56 Å². The topological polar surface area (TPSA) is 84.0 Å². The predicted octanol–water partition coefficient (Wildman–Crippen LogP) is 2.65. The van der Waals surface area contributed by atoms with Crippen LogP contribution in [0, 0.1) is 11.3 Å². The van der Waals surface area contributed by atoms with Crippen LogP contribution in [0.3, 0.4) is 0 Å². The van der Waals surface area contributed by atoms with Crippen LogP contribution in [0.15, 0.2) is 47.4 Å². The fraction of sp³-hybridized carbons (Fsp3) is 0.333. The van der Waals surface area contributed by atoms with Crippen LogP contribution >= 0.6 is 0 Å². The molecule has 142 valence electrons. The molecule has 0 spiro atoms. The first-order valence-electron chi connectivity index (χ1n) is 9.34. The van der Waals surface area contributed by atoms with E-state index < -0.39 is 0 Å². The second-order valence-corrected chi connectivity index (χ2v) is 6.81. The van der Waals surface area contributed by atoms with Crippen LogP contribution in [0.1, 0.15) is 30.3 Å². The first-order chi connectivity index (χ1) is 13.7. The highest BCUT2D eigenvalue weighted by molar-refractivity contribution is 5.77. The van der Waals surface area contributed by atoms with Crippen molar-refractivity contribution in [2.24, 2.45) is 0 Å². The van der Waals surface area contributed by atoms with E-state index in [9.17, 15) is 4.79 Å². The number of rotatable bonds is 5. The molecule has 3 aromatic rings. The minimum Gasteiger partial charge on any atom is -0.383 e. The van der Waals surface area contributed by atoms with Crippen LogP contribution in [0.25, 0.3) is 10.9 Å². The molecule has 0 radical (unpaired) electrons. The van der Waals surface area contributed by atoms with Crippen molar-refractivity contribution >= 4 is 16.7 Å². The number of hydrogen-bond acceptors (Lipinski definition) is 6. The summed E-state index contributed by atoms with van der Waals surface area (Å²) < 4.78 is 6.96. The van der Waals surface area contributed by atoms with Crippen LogP contribution in [0.5, 0.6) is 0 Å². The van der Waals surface area contributed by atoms with Gasteiger partial charge in [0.1, 0.15) is 17.7 Å². The number of anilines is 1. The highest BCUT2D eigenvalue weighted by Crippen LogP contribution is 2.34. The van der Waals surface area contributed by atoms with Crippen LogP contribution in [-0.4, -0.2) is 34.8 Å². The summed E-state index contributed by atoms with van der Waals surface area (Å²) in [5, 5.41) is 9.62. The van der Waals surface area contributed by atoms with Crippen LogP contribution in [0.2, 0.25) is 0 Å². The van der Waals surface area contributed by atoms with Crippen molar-refractivity contribution < 1.29 is 4.74 Å². The lowest BCUT2D eigenvalue weighted by atomic mass is 10.1. The molecule has 7 nitrogen and oxygen atoms in total. The molecular weight excluding hydrogens is 354 g/mol. The van der Waals surface area contributed by atoms with Crippen molar-refractivity contribution in [2.45, 2.75) is 25.4 Å². The van der Waals surface area contributed by atoms with Gasteiger partial charge >= 0.3 is 0 Å². The molecule has 0 N–H and O–H groups in total. The van der Waals surface area contributed by atoms with Crippen molar-refractivity contribution in [3.05, 3.63) is 64.3 Å². The molecule has 1 aliphatic heterocycles. The third kappa shape index (κ3) is 3.23. The molecule has 7 heteroatoms. The quantitative estimate of drug-likeness (QED) is 0.682. The second kappa shape index (κ2) is 7.79. The number of para-hydroxylation sites is 1. The van der Waals surface area contributed by atoms with Crippen molar-refractivity contribution in [1.29, 1.82) is 5.26 Å². The van der Waals surface area contributed by atoms with Gasteiger partial charge in [0.2, 0.25) is 0 Å². The first kappa shape index (κ1) is 18.1. The molecule has 4 rings (SSSR count). The number of hydrogen-bond donors (Lipinski definition) is 0. The normalized spacial score (nSPS) is 16.4. The monoisotopic (exact) mass is 375 g/mol. The van der Waals surface area contributed by atoms with Gasteiger partial charge in [0.05, 0.1) is 35.7 Å². The van der Waals surface area contributed by atoms with Crippen LogP contribution < -0.4 is 10.5 Å². The second-order valence-electron chi connectivity index (χ2n) is 6.81. The largest absolute Gasteiger partial charge is 0.383 e. The average molecular weight is 375 g/mol. The lowest BCUT2D eigenvalue weighted by Crippen LogP contribution is -2.33. The summed E-state index contributed by atoms with van der Waals surface area (Å²) in [5.74, 6) is 1.53. The number of fused-ring (bicyclic) bond motifs is 1.